The van der Waals surface area contributed by atoms with Crippen molar-refractivity contribution in [1.29, 1.82) is 0 Å². The second-order valence-electron chi connectivity index (χ2n) is 3.55. The number of aromatic nitrogens is 1. The van der Waals surface area contributed by atoms with Crippen molar-refractivity contribution in [2.75, 3.05) is 12.4 Å². The lowest BCUT2D eigenvalue weighted by Gasteiger charge is -2.08. The largest absolute Gasteiger partial charge is 0.495 e. The lowest BCUT2D eigenvalue weighted by atomic mass is 10.2. The minimum atomic E-state index is -0.201. The molecule has 2 rings (SSSR count). The van der Waals surface area contributed by atoms with Gasteiger partial charge in [-0.05, 0) is 40.2 Å². The van der Waals surface area contributed by atoms with E-state index >= 15 is 0 Å². The van der Waals surface area contributed by atoms with Gasteiger partial charge in [0.25, 0.3) is 5.91 Å². The number of hydrogen-bond acceptors (Lipinski definition) is 3. The monoisotopic (exact) mass is 306 g/mol. The lowest BCUT2D eigenvalue weighted by molar-refractivity contribution is 0.102. The van der Waals surface area contributed by atoms with Crippen LogP contribution in [0.15, 0.2) is 47.2 Å². The van der Waals surface area contributed by atoms with Gasteiger partial charge in [-0.1, -0.05) is 0 Å². The van der Waals surface area contributed by atoms with Gasteiger partial charge in [0.2, 0.25) is 0 Å². The van der Waals surface area contributed by atoms with E-state index in [-0.39, 0.29) is 5.91 Å². The van der Waals surface area contributed by atoms with Crippen molar-refractivity contribution in [2.24, 2.45) is 0 Å². The van der Waals surface area contributed by atoms with Crippen LogP contribution < -0.4 is 10.1 Å². The van der Waals surface area contributed by atoms with Gasteiger partial charge < -0.3 is 10.1 Å². The number of hydrogen-bond donors (Lipinski definition) is 1. The van der Waals surface area contributed by atoms with E-state index in [0.29, 0.717) is 17.0 Å². The standard InChI is InChI=1S/C13H11BrN2O2/c1-18-12-7-10(4-5-11(12)14)16-13(17)9-3-2-6-15-8-9/h2-8H,1H3,(H,16,17). The second kappa shape index (κ2) is 5.64. The summed E-state index contributed by atoms with van der Waals surface area (Å²) in [5, 5.41) is 2.78. The highest BCUT2D eigenvalue weighted by atomic mass is 79.9. The van der Waals surface area contributed by atoms with Crippen molar-refractivity contribution < 1.29 is 9.53 Å². The molecule has 1 amide bonds. The number of halogens is 1. The van der Waals surface area contributed by atoms with Crippen LogP contribution in [0.2, 0.25) is 0 Å². The SMILES string of the molecule is COc1cc(NC(=O)c2cccnc2)ccc1Br. The summed E-state index contributed by atoms with van der Waals surface area (Å²) in [6.45, 7) is 0. The molecule has 0 aliphatic carbocycles. The molecule has 1 N–H and O–H groups in total. The highest BCUT2D eigenvalue weighted by Crippen LogP contribution is 2.27. The van der Waals surface area contributed by atoms with Gasteiger partial charge in [0.05, 0.1) is 17.1 Å². The molecule has 0 fully saturated rings. The zero-order valence-electron chi connectivity index (χ0n) is 9.68. The van der Waals surface area contributed by atoms with Crippen LogP contribution >= 0.6 is 15.9 Å². The van der Waals surface area contributed by atoms with Crippen LogP contribution in [0.5, 0.6) is 5.75 Å². The average molecular weight is 307 g/mol. The molecule has 0 bridgehead atoms. The lowest BCUT2D eigenvalue weighted by Crippen LogP contribution is -2.11. The normalized spacial score (nSPS) is 9.89. The Morgan fingerprint density at radius 2 is 2.22 bits per heavy atom. The van der Waals surface area contributed by atoms with E-state index in [1.165, 1.54) is 6.20 Å². The minimum absolute atomic E-state index is 0.201. The van der Waals surface area contributed by atoms with Gasteiger partial charge in [-0.25, -0.2) is 0 Å². The number of rotatable bonds is 3. The number of carbonyl (C=O) groups excluding carboxylic acids is 1. The maximum Gasteiger partial charge on any atom is 0.257 e. The molecule has 0 aliphatic rings. The van der Waals surface area contributed by atoms with Crippen molar-refractivity contribution in [3.8, 4) is 5.75 Å². The Hall–Kier alpha value is -1.88. The minimum Gasteiger partial charge on any atom is -0.495 e. The predicted octanol–water partition coefficient (Wildman–Crippen LogP) is 3.11. The van der Waals surface area contributed by atoms with E-state index in [1.807, 2.05) is 6.07 Å². The summed E-state index contributed by atoms with van der Waals surface area (Å²) in [5.41, 5.74) is 1.18. The van der Waals surface area contributed by atoms with E-state index in [2.05, 4.69) is 26.2 Å². The van der Waals surface area contributed by atoms with Crippen molar-refractivity contribution in [1.82, 2.24) is 4.98 Å². The molecular weight excluding hydrogens is 296 g/mol. The number of nitrogens with zero attached hydrogens (tertiary/aromatic N) is 1. The molecule has 0 atom stereocenters. The third-order valence-electron chi connectivity index (χ3n) is 2.33. The third-order valence-corrected chi connectivity index (χ3v) is 2.99. The molecule has 18 heavy (non-hydrogen) atoms. The van der Waals surface area contributed by atoms with E-state index < -0.39 is 0 Å². The Kier molecular flexibility index (Phi) is 3.94. The Morgan fingerprint density at radius 3 is 2.89 bits per heavy atom. The summed E-state index contributed by atoms with van der Waals surface area (Å²) >= 11 is 3.35. The fourth-order valence-corrected chi connectivity index (χ4v) is 1.85. The van der Waals surface area contributed by atoms with Gasteiger partial charge in [-0.15, -0.1) is 0 Å². The van der Waals surface area contributed by atoms with Gasteiger partial charge in [0, 0.05) is 24.1 Å². The Bertz CT molecular complexity index is 558. The average Bonchev–Trinajstić information content (AvgIpc) is 2.42. The van der Waals surface area contributed by atoms with Gasteiger partial charge >= 0.3 is 0 Å². The molecule has 0 spiro atoms. The molecular formula is C13H11BrN2O2. The summed E-state index contributed by atoms with van der Waals surface area (Å²) in [4.78, 5) is 15.8. The van der Waals surface area contributed by atoms with Gasteiger partial charge in [0.15, 0.2) is 0 Å². The molecule has 5 heteroatoms. The quantitative estimate of drug-likeness (QED) is 0.948. The molecule has 0 saturated carbocycles. The Balaban J connectivity index is 2.17. The van der Waals surface area contributed by atoms with Crippen LogP contribution in [0, 0.1) is 0 Å². The summed E-state index contributed by atoms with van der Waals surface area (Å²) in [5.74, 6) is 0.464. The van der Waals surface area contributed by atoms with Crippen molar-refractivity contribution >= 4 is 27.5 Å². The fourth-order valence-electron chi connectivity index (χ4n) is 1.44. The summed E-state index contributed by atoms with van der Waals surface area (Å²) in [6, 6.07) is 8.78. The molecule has 0 aliphatic heterocycles. The number of nitrogens with one attached hydrogen (secondary N) is 1. The zero-order chi connectivity index (χ0) is 13.0. The maximum absolute atomic E-state index is 11.9. The first-order valence-corrected chi connectivity index (χ1v) is 6.05. The molecule has 1 aromatic carbocycles. The predicted molar refractivity (Wildman–Crippen MR) is 72.9 cm³/mol. The van der Waals surface area contributed by atoms with Crippen molar-refractivity contribution in [2.45, 2.75) is 0 Å². The maximum atomic E-state index is 11.9. The van der Waals surface area contributed by atoms with Gasteiger partial charge in [0.1, 0.15) is 5.75 Å². The van der Waals surface area contributed by atoms with Crippen molar-refractivity contribution in [3.63, 3.8) is 0 Å². The van der Waals surface area contributed by atoms with E-state index in [0.717, 1.165) is 4.47 Å². The first kappa shape index (κ1) is 12.6. The van der Waals surface area contributed by atoms with E-state index in [4.69, 9.17) is 4.74 Å². The van der Waals surface area contributed by atoms with Gasteiger partial charge in [-0.3, -0.25) is 9.78 Å². The summed E-state index contributed by atoms with van der Waals surface area (Å²) in [6.07, 6.45) is 3.14. The van der Waals surface area contributed by atoms with Crippen LogP contribution in [0.25, 0.3) is 0 Å². The molecule has 1 aromatic heterocycles. The smallest absolute Gasteiger partial charge is 0.257 e. The molecule has 4 nitrogen and oxygen atoms in total. The number of anilines is 1. The first-order valence-electron chi connectivity index (χ1n) is 5.25. The number of pyridine rings is 1. The van der Waals surface area contributed by atoms with Crippen LogP contribution in [-0.2, 0) is 0 Å². The topological polar surface area (TPSA) is 51.2 Å². The molecule has 92 valence electrons. The van der Waals surface area contributed by atoms with Crippen LogP contribution in [-0.4, -0.2) is 18.0 Å². The second-order valence-corrected chi connectivity index (χ2v) is 4.40. The summed E-state index contributed by atoms with van der Waals surface area (Å²) in [7, 11) is 1.58. The first-order chi connectivity index (χ1) is 8.70. The number of benzene rings is 1. The number of ether oxygens (including phenoxy) is 1. The number of carbonyl (C=O) groups is 1. The molecule has 0 radical (unpaired) electrons. The zero-order valence-corrected chi connectivity index (χ0v) is 11.3. The van der Waals surface area contributed by atoms with Gasteiger partial charge in [-0.2, -0.15) is 0 Å². The number of amides is 1. The summed E-state index contributed by atoms with van der Waals surface area (Å²) < 4.78 is 6.00. The van der Waals surface area contributed by atoms with Crippen molar-refractivity contribution in [3.05, 3.63) is 52.8 Å². The highest BCUT2D eigenvalue weighted by Gasteiger charge is 2.07. The van der Waals surface area contributed by atoms with Crippen LogP contribution in [0.4, 0.5) is 5.69 Å². The molecule has 0 unspecified atom stereocenters. The fraction of sp³-hybridized carbons (Fsp3) is 0.0769. The molecule has 2 aromatic rings. The molecule has 1 heterocycles. The third kappa shape index (κ3) is 2.87. The van der Waals surface area contributed by atoms with E-state index in [9.17, 15) is 4.79 Å². The number of methoxy groups -OCH3 is 1. The van der Waals surface area contributed by atoms with Crippen LogP contribution in [0.3, 0.4) is 0 Å². The van der Waals surface area contributed by atoms with E-state index in [1.54, 1.807) is 37.6 Å². The molecule has 0 saturated heterocycles. The Morgan fingerprint density at radius 1 is 1.39 bits per heavy atom. The van der Waals surface area contributed by atoms with Crippen LogP contribution in [0.1, 0.15) is 10.4 Å². The highest BCUT2D eigenvalue weighted by molar-refractivity contribution is 9.10. The Labute approximate surface area is 113 Å².